The van der Waals surface area contributed by atoms with E-state index in [9.17, 15) is 4.79 Å². The number of carbonyl (C=O) groups is 1. The molecular formula is C10H7ClO. The summed E-state index contributed by atoms with van der Waals surface area (Å²) in [4.78, 5) is 11.4. The average Bonchev–Trinajstić information content (AvgIpc) is 2.12. The second-order valence-electron chi connectivity index (χ2n) is 2.71. The summed E-state index contributed by atoms with van der Waals surface area (Å²) in [5.74, 6) is -0.00485. The van der Waals surface area contributed by atoms with Crippen LogP contribution in [-0.4, -0.2) is 11.2 Å². The van der Waals surface area contributed by atoms with Crippen LogP contribution < -0.4 is 0 Å². The van der Waals surface area contributed by atoms with Crippen LogP contribution in [0.3, 0.4) is 0 Å². The molecule has 0 saturated carbocycles. The van der Waals surface area contributed by atoms with Crippen molar-refractivity contribution in [3.8, 4) is 0 Å². The Labute approximate surface area is 75.7 Å². The maximum atomic E-state index is 11.4. The smallest absolute Gasteiger partial charge is 0.185 e. The molecule has 1 nitrogen and oxygen atoms in total. The number of halogens is 1. The summed E-state index contributed by atoms with van der Waals surface area (Å²) in [6.45, 7) is 0. The fraction of sp³-hybridized carbons (Fsp3) is 0.100. The van der Waals surface area contributed by atoms with Crippen molar-refractivity contribution in [2.45, 2.75) is 5.38 Å². The first-order valence-electron chi connectivity index (χ1n) is 3.74. The van der Waals surface area contributed by atoms with E-state index in [0.717, 1.165) is 11.1 Å². The summed E-state index contributed by atoms with van der Waals surface area (Å²) in [5.41, 5.74) is 1.68. The molecule has 12 heavy (non-hydrogen) atoms. The molecule has 2 heteroatoms. The van der Waals surface area contributed by atoms with Gasteiger partial charge >= 0.3 is 0 Å². The zero-order valence-electron chi connectivity index (χ0n) is 6.33. The lowest BCUT2D eigenvalue weighted by Gasteiger charge is -2.11. The molecule has 0 saturated heterocycles. The molecule has 0 heterocycles. The van der Waals surface area contributed by atoms with Crippen molar-refractivity contribution in [3.63, 3.8) is 0 Å². The first-order chi connectivity index (χ1) is 5.79. The van der Waals surface area contributed by atoms with E-state index < -0.39 is 5.38 Å². The zero-order valence-corrected chi connectivity index (χ0v) is 7.08. The Morgan fingerprint density at radius 1 is 1.25 bits per heavy atom. The number of ketones is 1. The summed E-state index contributed by atoms with van der Waals surface area (Å²) in [5, 5.41) is -0.486. The second-order valence-corrected chi connectivity index (χ2v) is 3.18. The molecule has 1 aliphatic carbocycles. The number of fused-ring (bicyclic) bond motifs is 1. The van der Waals surface area contributed by atoms with Crippen molar-refractivity contribution < 1.29 is 4.79 Å². The number of rotatable bonds is 0. The van der Waals surface area contributed by atoms with Crippen molar-refractivity contribution >= 4 is 23.5 Å². The fourth-order valence-corrected chi connectivity index (χ4v) is 1.48. The van der Waals surface area contributed by atoms with Gasteiger partial charge in [0.1, 0.15) is 5.38 Å². The van der Waals surface area contributed by atoms with Gasteiger partial charge in [-0.1, -0.05) is 36.4 Å². The van der Waals surface area contributed by atoms with Gasteiger partial charge in [0.15, 0.2) is 5.78 Å². The molecule has 60 valence electrons. The van der Waals surface area contributed by atoms with Crippen LogP contribution in [0.1, 0.15) is 15.9 Å². The highest BCUT2D eigenvalue weighted by Crippen LogP contribution is 2.21. The lowest BCUT2D eigenvalue weighted by molar-refractivity contribution is 0.0998. The third kappa shape index (κ3) is 1.07. The third-order valence-corrected chi connectivity index (χ3v) is 2.27. The molecule has 0 bridgehead atoms. The highest BCUT2D eigenvalue weighted by Gasteiger charge is 2.20. The predicted octanol–water partition coefficient (Wildman–Crippen LogP) is 2.50. The van der Waals surface area contributed by atoms with Crippen LogP contribution in [0.5, 0.6) is 0 Å². The van der Waals surface area contributed by atoms with Crippen molar-refractivity contribution in [2.24, 2.45) is 0 Å². The van der Waals surface area contributed by atoms with Gasteiger partial charge in [0.25, 0.3) is 0 Å². The molecule has 1 aromatic carbocycles. The number of hydrogen-bond acceptors (Lipinski definition) is 1. The Morgan fingerprint density at radius 3 is 2.83 bits per heavy atom. The largest absolute Gasteiger partial charge is 0.292 e. The number of carbonyl (C=O) groups excluding carboxylic acids is 1. The zero-order chi connectivity index (χ0) is 8.55. The van der Waals surface area contributed by atoms with Gasteiger partial charge in [-0.15, -0.1) is 11.6 Å². The molecule has 0 aliphatic heterocycles. The van der Waals surface area contributed by atoms with Gasteiger partial charge in [0.2, 0.25) is 0 Å². The molecular weight excluding hydrogens is 172 g/mol. The van der Waals surface area contributed by atoms with E-state index in [1.54, 1.807) is 12.1 Å². The Kier molecular flexibility index (Phi) is 1.74. The first-order valence-corrected chi connectivity index (χ1v) is 4.18. The summed E-state index contributed by atoms with van der Waals surface area (Å²) in [6.07, 6.45) is 3.60. The monoisotopic (exact) mass is 178 g/mol. The van der Waals surface area contributed by atoms with Crippen molar-refractivity contribution in [1.82, 2.24) is 0 Å². The minimum absolute atomic E-state index is 0.00485. The molecule has 0 spiro atoms. The average molecular weight is 179 g/mol. The minimum atomic E-state index is -0.486. The van der Waals surface area contributed by atoms with E-state index in [4.69, 9.17) is 11.6 Å². The molecule has 0 fully saturated rings. The molecule has 2 rings (SSSR count). The van der Waals surface area contributed by atoms with Gasteiger partial charge in [0.05, 0.1) is 0 Å². The molecule has 0 N–H and O–H groups in total. The van der Waals surface area contributed by atoms with Gasteiger partial charge < -0.3 is 0 Å². The molecule has 0 radical (unpaired) electrons. The van der Waals surface area contributed by atoms with E-state index in [1.165, 1.54) is 0 Å². The maximum absolute atomic E-state index is 11.4. The van der Waals surface area contributed by atoms with E-state index in [-0.39, 0.29) is 5.78 Å². The van der Waals surface area contributed by atoms with Crippen molar-refractivity contribution in [3.05, 3.63) is 41.5 Å². The van der Waals surface area contributed by atoms with E-state index >= 15 is 0 Å². The van der Waals surface area contributed by atoms with Crippen molar-refractivity contribution in [1.29, 1.82) is 0 Å². The number of hydrogen-bond donors (Lipinski definition) is 0. The highest BCUT2D eigenvalue weighted by molar-refractivity contribution is 6.36. The quantitative estimate of drug-likeness (QED) is 0.558. The van der Waals surface area contributed by atoms with Crippen LogP contribution >= 0.6 is 11.6 Å². The van der Waals surface area contributed by atoms with Crippen LogP contribution in [0, 0.1) is 0 Å². The molecule has 1 atom stereocenters. The Morgan fingerprint density at radius 2 is 2.00 bits per heavy atom. The topological polar surface area (TPSA) is 17.1 Å². The van der Waals surface area contributed by atoms with Crippen LogP contribution in [-0.2, 0) is 0 Å². The molecule has 0 aromatic heterocycles. The van der Waals surface area contributed by atoms with Gasteiger partial charge in [-0.25, -0.2) is 0 Å². The Hall–Kier alpha value is -1.08. The van der Waals surface area contributed by atoms with E-state index in [2.05, 4.69) is 0 Å². The van der Waals surface area contributed by atoms with Crippen molar-refractivity contribution in [2.75, 3.05) is 0 Å². The summed E-state index contributed by atoms with van der Waals surface area (Å²) < 4.78 is 0. The Bertz CT molecular complexity index is 355. The number of benzene rings is 1. The fourth-order valence-electron chi connectivity index (χ4n) is 1.29. The predicted molar refractivity (Wildman–Crippen MR) is 49.4 cm³/mol. The van der Waals surface area contributed by atoms with Crippen LogP contribution in [0.2, 0.25) is 0 Å². The molecule has 1 aromatic rings. The maximum Gasteiger partial charge on any atom is 0.185 e. The summed E-state index contributed by atoms with van der Waals surface area (Å²) >= 11 is 5.76. The first kappa shape index (κ1) is 7.56. The van der Waals surface area contributed by atoms with Gasteiger partial charge in [-0.2, -0.15) is 0 Å². The lowest BCUT2D eigenvalue weighted by Crippen LogP contribution is -2.16. The normalized spacial score (nSPS) is 20.8. The van der Waals surface area contributed by atoms with Crippen LogP contribution in [0.15, 0.2) is 30.3 Å². The second kappa shape index (κ2) is 2.76. The number of allylic oxidation sites excluding steroid dienone is 1. The summed E-state index contributed by atoms with van der Waals surface area (Å²) in [6, 6.07) is 7.47. The summed E-state index contributed by atoms with van der Waals surface area (Å²) in [7, 11) is 0. The molecule has 0 amide bonds. The standard InChI is InChI=1S/C10H7ClO/c11-9-6-5-7-3-1-2-4-8(7)10(9)12/h1-6,9H. The van der Waals surface area contributed by atoms with Crippen LogP contribution in [0.25, 0.3) is 6.08 Å². The number of Topliss-reactive ketones (excluding diaryl/α,β-unsaturated/α-hetero) is 1. The minimum Gasteiger partial charge on any atom is -0.292 e. The molecule has 1 unspecified atom stereocenters. The molecule has 1 aliphatic rings. The van der Waals surface area contributed by atoms with E-state index in [1.807, 2.05) is 24.3 Å². The van der Waals surface area contributed by atoms with Gasteiger partial charge in [-0.05, 0) is 5.56 Å². The SMILES string of the molecule is O=C1c2ccccc2C=CC1Cl. The Balaban J connectivity index is 2.59. The highest BCUT2D eigenvalue weighted by atomic mass is 35.5. The number of alkyl halides is 1. The van der Waals surface area contributed by atoms with E-state index in [0.29, 0.717) is 0 Å². The third-order valence-electron chi connectivity index (χ3n) is 1.92. The van der Waals surface area contributed by atoms with Gasteiger partial charge in [-0.3, -0.25) is 4.79 Å². The van der Waals surface area contributed by atoms with Crippen LogP contribution in [0.4, 0.5) is 0 Å². The van der Waals surface area contributed by atoms with Gasteiger partial charge in [0, 0.05) is 5.56 Å². The lowest BCUT2D eigenvalue weighted by atomic mass is 9.96.